The van der Waals surface area contributed by atoms with Crippen LogP contribution < -0.4 is 0 Å². The number of amides is 1. The Balaban J connectivity index is 1.57. The van der Waals surface area contributed by atoms with E-state index in [2.05, 4.69) is 0 Å². The Bertz CT molecular complexity index is 814. The summed E-state index contributed by atoms with van der Waals surface area (Å²) >= 11 is 0. The molecule has 0 spiro atoms. The second-order valence-electron chi connectivity index (χ2n) is 6.56. The van der Waals surface area contributed by atoms with Crippen molar-refractivity contribution >= 4 is 17.8 Å². The summed E-state index contributed by atoms with van der Waals surface area (Å²) in [5.74, 6) is -1.35. The molecule has 0 unspecified atom stereocenters. The summed E-state index contributed by atoms with van der Waals surface area (Å²) in [6.07, 6.45) is 6.06. The second-order valence-corrected chi connectivity index (χ2v) is 6.56. The number of esters is 2. The van der Waals surface area contributed by atoms with Gasteiger partial charge in [0.15, 0.2) is 6.61 Å². The van der Waals surface area contributed by atoms with E-state index in [9.17, 15) is 14.4 Å². The van der Waals surface area contributed by atoms with Crippen LogP contribution in [0.2, 0.25) is 0 Å². The molecule has 1 atom stereocenters. The lowest BCUT2D eigenvalue weighted by molar-refractivity contribution is -0.157. The lowest BCUT2D eigenvalue weighted by atomic mass is 10.0. The van der Waals surface area contributed by atoms with E-state index in [1.165, 1.54) is 4.90 Å². The molecule has 0 aliphatic carbocycles. The number of hydrogen-bond donors (Lipinski definition) is 0. The van der Waals surface area contributed by atoms with Crippen LogP contribution in [0.15, 0.2) is 48.8 Å². The minimum atomic E-state index is -0.597. The molecule has 7 nitrogen and oxygen atoms in total. The standard InChI is InChI=1S/C21H24N2O5/c1-2-27-21(26)18-7-3-4-14-23(18)19(24)15-28-20(25)16-8-10-17(11-9-16)22-12-5-6-13-22/h5-6,8-13,18H,2-4,7,14-15H2,1H3/t18-/m0/s1. The average Bonchev–Trinajstić information content (AvgIpc) is 3.27. The highest BCUT2D eigenvalue weighted by molar-refractivity contribution is 5.92. The molecule has 2 heterocycles. The van der Waals surface area contributed by atoms with Crippen molar-refractivity contribution in [3.05, 3.63) is 54.4 Å². The Labute approximate surface area is 163 Å². The summed E-state index contributed by atoms with van der Waals surface area (Å²) in [4.78, 5) is 38.3. The Hall–Kier alpha value is -3.09. The van der Waals surface area contributed by atoms with E-state index in [1.54, 1.807) is 31.2 Å². The third kappa shape index (κ3) is 4.60. The van der Waals surface area contributed by atoms with Crippen molar-refractivity contribution in [3.63, 3.8) is 0 Å². The fourth-order valence-corrected chi connectivity index (χ4v) is 3.28. The number of hydrogen-bond acceptors (Lipinski definition) is 5. The van der Waals surface area contributed by atoms with Crippen molar-refractivity contribution in [2.45, 2.75) is 32.2 Å². The van der Waals surface area contributed by atoms with E-state index < -0.39 is 24.6 Å². The minimum Gasteiger partial charge on any atom is -0.464 e. The maximum Gasteiger partial charge on any atom is 0.338 e. The summed E-state index contributed by atoms with van der Waals surface area (Å²) in [5, 5.41) is 0. The molecule has 7 heteroatoms. The summed E-state index contributed by atoms with van der Waals surface area (Å²) in [5.41, 5.74) is 1.28. The maximum absolute atomic E-state index is 12.5. The zero-order chi connectivity index (χ0) is 19.9. The highest BCUT2D eigenvalue weighted by atomic mass is 16.5. The van der Waals surface area contributed by atoms with Gasteiger partial charge in [0.1, 0.15) is 6.04 Å². The summed E-state index contributed by atoms with van der Waals surface area (Å²) in [6.45, 7) is 2.07. The Kier molecular flexibility index (Phi) is 6.47. The van der Waals surface area contributed by atoms with Gasteiger partial charge in [0.05, 0.1) is 12.2 Å². The molecule has 0 radical (unpaired) electrons. The van der Waals surface area contributed by atoms with E-state index >= 15 is 0 Å². The molecule has 1 amide bonds. The van der Waals surface area contributed by atoms with Gasteiger partial charge in [0.2, 0.25) is 0 Å². The molecule has 1 fully saturated rings. The number of carbonyl (C=O) groups excluding carboxylic acids is 3. The number of aromatic nitrogens is 1. The molecule has 2 aromatic rings. The lowest BCUT2D eigenvalue weighted by Gasteiger charge is -2.33. The molecule has 0 N–H and O–H groups in total. The van der Waals surface area contributed by atoms with Crippen molar-refractivity contribution in [1.82, 2.24) is 9.47 Å². The highest BCUT2D eigenvalue weighted by Crippen LogP contribution is 2.19. The Morgan fingerprint density at radius 1 is 1.04 bits per heavy atom. The fourth-order valence-electron chi connectivity index (χ4n) is 3.28. The number of likely N-dealkylation sites (tertiary alicyclic amines) is 1. The SMILES string of the molecule is CCOC(=O)[C@@H]1CCCCN1C(=O)COC(=O)c1ccc(-n2cccc2)cc1. The van der Waals surface area contributed by atoms with Gasteiger partial charge in [-0.05, 0) is 62.6 Å². The van der Waals surface area contributed by atoms with Gasteiger partial charge in [-0.25, -0.2) is 9.59 Å². The van der Waals surface area contributed by atoms with E-state index in [0.29, 0.717) is 18.5 Å². The van der Waals surface area contributed by atoms with Crippen molar-refractivity contribution in [1.29, 1.82) is 0 Å². The smallest absolute Gasteiger partial charge is 0.338 e. The number of rotatable bonds is 6. The third-order valence-electron chi connectivity index (χ3n) is 4.71. The maximum atomic E-state index is 12.5. The van der Waals surface area contributed by atoms with Gasteiger partial charge in [-0.2, -0.15) is 0 Å². The van der Waals surface area contributed by atoms with Crippen LogP contribution in [0.4, 0.5) is 0 Å². The van der Waals surface area contributed by atoms with Crippen molar-refractivity contribution in [2.24, 2.45) is 0 Å². The normalized spacial score (nSPS) is 16.5. The number of carbonyl (C=O) groups is 3. The van der Waals surface area contributed by atoms with Crippen molar-refractivity contribution in [3.8, 4) is 5.69 Å². The first kappa shape index (κ1) is 19.7. The molecule has 0 saturated carbocycles. The molecule has 1 saturated heterocycles. The number of ether oxygens (including phenoxy) is 2. The highest BCUT2D eigenvalue weighted by Gasteiger charge is 2.33. The molecular formula is C21H24N2O5. The molecular weight excluding hydrogens is 360 g/mol. The van der Waals surface area contributed by atoms with Gasteiger partial charge in [0.25, 0.3) is 5.91 Å². The summed E-state index contributed by atoms with van der Waals surface area (Å²) < 4.78 is 12.1. The predicted octanol–water partition coefficient (Wildman–Crippen LogP) is 2.58. The van der Waals surface area contributed by atoms with Crippen LogP contribution >= 0.6 is 0 Å². The number of benzene rings is 1. The summed E-state index contributed by atoms with van der Waals surface area (Å²) in [7, 11) is 0. The van der Waals surface area contributed by atoms with Gasteiger partial charge < -0.3 is 18.9 Å². The first-order valence-electron chi connectivity index (χ1n) is 9.46. The molecule has 1 aliphatic rings. The van der Waals surface area contributed by atoms with Gasteiger partial charge in [-0.1, -0.05) is 0 Å². The van der Waals surface area contributed by atoms with Gasteiger partial charge in [-0.3, -0.25) is 4.79 Å². The van der Waals surface area contributed by atoms with E-state index in [0.717, 1.165) is 18.5 Å². The number of nitrogens with zero attached hydrogens (tertiary/aromatic N) is 2. The topological polar surface area (TPSA) is 77.8 Å². The van der Waals surface area contributed by atoms with Gasteiger partial charge in [0, 0.05) is 24.6 Å². The Morgan fingerprint density at radius 2 is 1.75 bits per heavy atom. The Morgan fingerprint density at radius 3 is 2.43 bits per heavy atom. The van der Waals surface area contributed by atoms with Crippen LogP contribution in [0.1, 0.15) is 36.5 Å². The van der Waals surface area contributed by atoms with E-state index in [1.807, 2.05) is 29.1 Å². The first-order chi connectivity index (χ1) is 13.6. The monoisotopic (exact) mass is 384 g/mol. The van der Waals surface area contributed by atoms with Crippen LogP contribution in [-0.4, -0.2) is 53.1 Å². The van der Waals surface area contributed by atoms with Crippen LogP contribution in [-0.2, 0) is 19.1 Å². The van der Waals surface area contributed by atoms with E-state index in [-0.39, 0.29) is 12.5 Å². The minimum absolute atomic E-state index is 0.269. The average molecular weight is 384 g/mol. The predicted molar refractivity (Wildman–Crippen MR) is 102 cm³/mol. The van der Waals surface area contributed by atoms with Crippen molar-refractivity contribution < 1.29 is 23.9 Å². The molecule has 1 aromatic carbocycles. The van der Waals surface area contributed by atoms with Crippen LogP contribution in [0.3, 0.4) is 0 Å². The molecule has 0 bridgehead atoms. The summed E-state index contributed by atoms with van der Waals surface area (Å²) in [6, 6.07) is 10.2. The second kappa shape index (κ2) is 9.21. The molecule has 1 aliphatic heterocycles. The lowest BCUT2D eigenvalue weighted by Crippen LogP contribution is -2.50. The zero-order valence-corrected chi connectivity index (χ0v) is 15.9. The zero-order valence-electron chi connectivity index (χ0n) is 15.9. The largest absolute Gasteiger partial charge is 0.464 e. The van der Waals surface area contributed by atoms with Crippen LogP contribution in [0, 0.1) is 0 Å². The molecule has 3 rings (SSSR count). The van der Waals surface area contributed by atoms with E-state index in [4.69, 9.17) is 9.47 Å². The molecule has 148 valence electrons. The molecule has 1 aromatic heterocycles. The first-order valence-corrected chi connectivity index (χ1v) is 9.46. The van der Waals surface area contributed by atoms with Crippen molar-refractivity contribution in [2.75, 3.05) is 19.8 Å². The fraction of sp³-hybridized carbons (Fsp3) is 0.381. The van der Waals surface area contributed by atoms with Crippen LogP contribution in [0.25, 0.3) is 5.69 Å². The third-order valence-corrected chi connectivity index (χ3v) is 4.71. The quantitative estimate of drug-likeness (QED) is 0.716. The van der Waals surface area contributed by atoms with Gasteiger partial charge in [-0.15, -0.1) is 0 Å². The molecule has 28 heavy (non-hydrogen) atoms. The van der Waals surface area contributed by atoms with Gasteiger partial charge >= 0.3 is 11.9 Å². The van der Waals surface area contributed by atoms with Crippen LogP contribution in [0.5, 0.6) is 0 Å². The number of piperidine rings is 1.